The number of hydrogen-bond donors (Lipinski definition) is 2. The SMILES string of the molecule is O=C(O)CSCCCC[Se]CCCCSCC(=O)O. The second kappa shape index (κ2) is 14.6. The fourth-order valence-corrected chi connectivity index (χ4v) is 4.83. The Morgan fingerprint density at radius 3 is 1.58 bits per heavy atom. The van der Waals surface area contributed by atoms with Gasteiger partial charge in [-0.25, -0.2) is 0 Å². The van der Waals surface area contributed by atoms with Crippen LogP contribution in [0.25, 0.3) is 0 Å². The summed E-state index contributed by atoms with van der Waals surface area (Å²) in [5.41, 5.74) is 0. The average Bonchev–Trinajstić information content (AvgIpc) is 2.34. The van der Waals surface area contributed by atoms with Gasteiger partial charge in [-0.15, -0.1) is 0 Å². The first-order valence-electron chi connectivity index (χ1n) is 6.29. The molecule has 0 radical (unpaired) electrons. The van der Waals surface area contributed by atoms with E-state index >= 15 is 0 Å². The number of carbonyl (C=O) groups is 2. The van der Waals surface area contributed by atoms with Gasteiger partial charge in [-0.3, -0.25) is 0 Å². The molecule has 0 rings (SSSR count). The summed E-state index contributed by atoms with van der Waals surface area (Å²) in [6, 6.07) is 0. The molecule has 7 heteroatoms. The summed E-state index contributed by atoms with van der Waals surface area (Å²) in [6.07, 6.45) is 4.66. The Morgan fingerprint density at radius 2 is 1.21 bits per heavy atom. The summed E-state index contributed by atoms with van der Waals surface area (Å²) >= 11 is 3.70. The molecule has 19 heavy (non-hydrogen) atoms. The molecular formula is C12H22O4S2Se. The van der Waals surface area contributed by atoms with E-state index in [1.165, 1.54) is 47.0 Å². The Labute approximate surface area is 129 Å². The minimum absolute atomic E-state index is 0.221. The van der Waals surface area contributed by atoms with Crippen molar-refractivity contribution < 1.29 is 19.8 Å². The van der Waals surface area contributed by atoms with E-state index in [4.69, 9.17) is 10.2 Å². The first kappa shape index (κ1) is 19.2. The first-order chi connectivity index (χ1) is 9.13. The van der Waals surface area contributed by atoms with Crippen LogP contribution >= 0.6 is 23.5 Å². The van der Waals surface area contributed by atoms with E-state index in [9.17, 15) is 9.59 Å². The van der Waals surface area contributed by atoms with Gasteiger partial charge in [-0.05, 0) is 0 Å². The Morgan fingerprint density at radius 1 is 0.789 bits per heavy atom. The van der Waals surface area contributed by atoms with E-state index in [0.717, 1.165) is 24.3 Å². The van der Waals surface area contributed by atoms with Crippen LogP contribution in [-0.4, -0.2) is 60.1 Å². The van der Waals surface area contributed by atoms with Crippen molar-refractivity contribution in [1.29, 1.82) is 0 Å². The maximum atomic E-state index is 10.3. The quantitative estimate of drug-likeness (QED) is 0.360. The van der Waals surface area contributed by atoms with Crippen LogP contribution in [0.1, 0.15) is 25.7 Å². The van der Waals surface area contributed by atoms with Gasteiger partial charge in [0.1, 0.15) is 0 Å². The van der Waals surface area contributed by atoms with Gasteiger partial charge >= 0.3 is 130 Å². The molecule has 0 aromatic carbocycles. The molecule has 0 spiro atoms. The molecule has 2 N–H and O–H groups in total. The summed E-state index contributed by atoms with van der Waals surface area (Å²) < 4.78 is 0. The van der Waals surface area contributed by atoms with E-state index < -0.39 is 11.9 Å². The van der Waals surface area contributed by atoms with Crippen LogP contribution in [-0.2, 0) is 9.59 Å². The Balaban J connectivity index is 2.99. The number of hydrogen-bond acceptors (Lipinski definition) is 4. The zero-order valence-electron chi connectivity index (χ0n) is 11.0. The molecule has 4 nitrogen and oxygen atoms in total. The van der Waals surface area contributed by atoms with Gasteiger partial charge in [0, 0.05) is 0 Å². The summed E-state index contributed by atoms with van der Waals surface area (Å²) in [5, 5.41) is 19.5. The molecule has 0 saturated carbocycles. The number of carboxylic acids is 2. The molecule has 0 aromatic heterocycles. The monoisotopic (exact) mass is 374 g/mol. The normalized spacial score (nSPS) is 10.5. The summed E-state index contributed by atoms with van der Waals surface area (Å²) in [5.74, 6) is 0.894. The molecule has 0 saturated heterocycles. The molecule has 0 atom stereocenters. The zero-order valence-corrected chi connectivity index (χ0v) is 14.4. The third kappa shape index (κ3) is 18.2. The van der Waals surface area contributed by atoms with Crippen molar-refractivity contribution in [3.63, 3.8) is 0 Å². The van der Waals surface area contributed by atoms with Crippen LogP contribution in [0, 0.1) is 0 Å². The molecule has 112 valence electrons. The third-order valence-corrected chi connectivity index (χ3v) is 6.59. The van der Waals surface area contributed by atoms with Crippen molar-refractivity contribution in [2.45, 2.75) is 36.3 Å². The van der Waals surface area contributed by atoms with Crippen LogP contribution in [0.2, 0.25) is 10.6 Å². The maximum absolute atomic E-state index is 10.3. The molecule has 0 unspecified atom stereocenters. The first-order valence-corrected chi connectivity index (χ1v) is 11.0. The van der Waals surface area contributed by atoms with Gasteiger partial charge in [0.05, 0.1) is 0 Å². The van der Waals surface area contributed by atoms with Gasteiger partial charge in [0.15, 0.2) is 0 Å². The van der Waals surface area contributed by atoms with Crippen LogP contribution in [0.4, 0.5) is 0 Å². The molecule has 0 heterocycles. The zero-order chi connectivity index (χ0) is 14.3. The van der Waals surface area contributed by atoms with Crippen molar-refractivity contribution in [3.8, 4) is 0 Å². The molecule has 0 aromatic rings. The molecule has 0 aliphatic carbocycles. The number of rotatable bonds is 14. The van der Waals surface area contributed by atoms with Crippen LogP contribution in [0.5, 0.6) is 0 Å². The molecule has 0 aliphatic rings. The van der Waals surface area contributed by atoms with E-state index in [2.05, 4.69) is 0 Å². The van der Waals surface area contributed by atoms with Gasteiger partial charge in [-0.1, -0.05) is 0 Å². The predicted octanol–water partition coefficient (Wildman–Crippen LogP) is 2.72. The van der Waals surface area contributed by atoms with Gasteiger partial charge in [0.2, 0.25) is 0 Å². The summed E-state index contributed by atoms with van der Waals surface area (Å²) in [7, 11) is 0. The standard InChI is InChI=1S/C12H22O4S2Se/c13-11(14)9-17-5-1-3-7-19-8-4-2-6-18-10-12(15)16/h1-10H2,(H,13,14)(H,15,16). The van der Waals surface area contributed by atoms with Crippen LogP contribution in [0.3, 0.4) is 0 Å². The summed E-state index contributed by atoms with van der Waals surface area (Å²) in [4.78, 5) is 20.5. The molecule has 0 bridgehead atoms. The van der Waals surface area contributed by atoms with Gasteiger partial charge < -0.3 is 0 Å². The van der Waals surface area contributed by atoms with Crippen molar-refractivity contribution in [3.05, 3.63) is 0 Å². The molecular weight excluding hydrogens is 351 g/mol. The van der Waals surface area contributed by atoms with Crippen molar-refractivity contribution in [1.82, 2.24) is 0 Å². The Kier molecular flexibility index (Phi) is 14.7. The fourth-order valence-electron chi connectivity index (χ4n) is 1.24. The molecule has 0 amide bonds. The Hall–Kier alpha value is 0.159. The second-order valence-electron chi connectivity index (χ2n) is 3.92. The van der Waals surface area contributed by atoms with Crippen LogP contribution < -0.4 is 0 Å². The second-order valence-corrected chi connectivity index (χ2v) is 8.70. The molecule has 0 aliphatic heterocycles. The fraction of sp³-hybridized carbons (Fsp3) is 0.833. The van der Waals surface area contributed by atoms with Crippen molar-refractivity contribution >= 4 is 50.4 Å². The number of aliphatic carboxylic acids is 2. The van der Waals surface area contributed by atoms with E-state index in [-0.39, 0.29) is 11.5 Å². The van der Waals surface area contributed by atoms with Crippen molar-refractivity contribution in [2.24, 2.45) is 0 Å². The number of thioether (sulfide) groups is 2. The van der Waals surface area contributed by atoms with Crippen LogP contribution in [0.15, 0.2) is 0 Å². The van der Waals surface area contributed by atoms with Crippen molar-refractivity contribution in [2.75, 3.05) is 23.0 Å². The number of unbranched alkanes of at least 4 members (excludes halogenated alkanes) is 2. The number of carboxylic acid groups (broad SMARTS) is 2. The van der Waals surface area contributed by atoms with Gasteiger partial charge in [-0.2, -0.15) is 0 Å². The third-order valence-electron chi connectivity index (χ3n) is 2.11. The summed E-state index contributed by atoms with van der Waals surface area (Å²) in [6.45, 7) is 0. The van der Waals surface area contributed by atoms with E-state index in [1.54, 1.807) is 0 Å². The Bertz CT molecular complexity index is 228. The minimum atomic E-state index is -0.727. The van der Waals surface area contributed by atoms with E-state index in [1.807, 2.05) is 0 Å². The molecule has 0 fully saturated rings. The topological polar surface area (TPSA) is 74.6 Å². The predicted molar refractivity (Wildman–Crippen MR) is 83.8 cm³/mol. The van der Waals surface area contributed by atoms with Gasteiger partial charge in [0.25, 0.3) is 0 Å². The van der Waals surface area contributed by atoms with E-state index in [0.29, 0.717) is 15.0 Å². The average molecular weight is 373 g/mol.